The van der Waals surface area contributed by atoms with Crippen LogP contribution < -0.4 is 34.4 Å². The first-order chi connectivity index (χ1) is 16.2. The molecule has 0 atom stereocenters. The summed E-state index contributed by atoms with van der Waals surface area (Å²) in [5, 5.41) is 0. The van der Waals surface area contributed by atoms with Gasteiger partial charge in [-0.3, -0.25) is 0 Å². The van der Waals surface area contributed by atoms with Crippen molar-refractivity contribution in [1.29, 1.82) is 0 Å². The summed E-state index contributed by atoms with van der Waals surface area (Å²) in [5.74, 6) is 0. The van der Waals surface area contributed by atoms with E-state index in [2.05, 4.69) is 0 Å². The molecule has 3 rings (SSSR count). The maximum atomic E-state index is 10.5. The maximum absolute atomic E-state index is 10.5. The van der Waals surface area contributed by atoms with Crippen molar-refractivity contribution in [2.45, 2.75) is 14.7 Å². The topological polar surface area (TPSA) is 328 Å². The van der Waals surface area contributed by atoms with Gasteiger partial charge in [-0.2, -0.15) is 0 Å². The van der Waals surface area contributed by atoms with Gasteiger partial charge in [0.15, 0.2) is 0 Å². The Labute approximate surface area is 223 Å². The molecular weight excluding hydrogens is 567 g/mol. The van der Waals surface area contributed by atoms with E-state index in [1.807, 2.05) is 0 Å². The van der Waals surface area contributed by atoms with Crippen LogP contribution in [-0.4, -0.2) is 56.3 Å². The Morgan fingerprint density at radius 1 is 0.432 bits per heavy atom. The Morgan fingerprint density at radius 3 is 0.757 bits per heavy atom. The Balaban J connectivity index is 0.000000518. The van der Waals surface area contributed by atoms with E-state index in [0.29, 0.717) is 17.1 Å². The number of hydrogen-bond acceptors (Lipinski definition) is 15. The number of benzene rings is 3. The fraction of sp³-hybridized carbons (Fsp3) is 0. The van der Waals surface area contributed by atoms with E-state index >= 15 is 0 Å². The first kappa shape index (κ1) is 33.7. The Bertz CT molecular complexity index is 1390. The molecule has 0 saturated heterocycles. The fourth-order valence-corrected chi connectivity index (χ4v) is 4.13. The summed E-state index contributed by atoms with van der Waals surface area (Å²) in [6, 6.07) is 10.9. The van der Waals surface area contributed by atoms with Gasteiger partial charge in [0.05, 0.1) is 31.7 Å². The van der Waals surface area contributed by atoms with E-state index in [0.717, 1.165) is 18.2 Å². The summed E-state index contributed by atoms with van der Waals surface area (Å²) >= 11 is 0. The van der Waals surface area contributed by atoms with Gasteiger partial charge in [0.25, 0.3) is 0 Å². The summed E-state index contributed by atoms with van der Waals surface area (Å²) < 4.78 is 94.4. The first-order valence-electron chi connectivity index (χ1n) is 9.06. The molecule has 12 N–H and O–H groups in total. The predicted octanol–water partition coefficient (Wildman–Crippen LogP) is -1.12. The van der Waals surface area contributed by atoms with Crippen LogP contribution in [0, 0.1) is 0 Å². The van der Waals surface area contributed by atoms with E-state index in [1.165, 1.54) is 36.4 Å². The number of nitrogen functional groups attached to an aromatic ring is 6. The summed E-state index contributed by atoms with van der Waals surface area (Å²) in [7, 11) is -13.4. The van der Waals surface area contributed by atoms with Gasteiger partial charge in [0, 0.05) is 17.1 Å². The molecule has 198 valence electrons. The van der Waals surface area contributed by atoms with Gasteiger partial charge in [0.2, 0.25) is 0 Å². The molecule has 37 heavy (non-hydrogen) atoms. The molecule has 0 amide bonds. The van der Waals surface area contributed by atoms with Crippen LogP contribution in [0.2, 0.25) is 0 Å². The van der Waals surface area contributed by atoms with E-state index < -0.39 is 45.0 Å². The summed E-state index contributed by atoms with van der Waals surface area (Å²) in [6.45, 7) is 0. The Morgan fingerprint density at radius 2 is 0.622 bits per heavy atom. The van der Waals surface area contributed by atoms with Crippen molar-refractivity contribution in [3.05, 3.63) is 54.6 Å². The molecule has 0 aliphatic heterocycles. The van der Waals surface area contributed by atoms with Gasteiger partial charge in [-0.15, -0.1) is 0 Å². The molecule has 0 fully saturated rings. The van der Waals surface area contributed by atoms with E-state index in [-0.39, 0.29) is 34.4 Å². The molecule has 19 heteroatoms. The van der Waals surface area contributed by atoms with Gasteiger partial charge in [-0.25, -0.2) is 25.3 Å². The fourth-order valence-electron chi connectivity index (χ4n) is 2.38. The second kappa shape index (κ2) is 12.8. The molecule has 0 aliphatic carbocycles. The zero-order chi connectivity index (χ0) is 28.1. The average molecular weight is 589 g/mol. The third-order valence-corrected chi connectivity index (χ3v) is 6.64. The van der Waals surface area contributed by atoms with Crippen molar-refractivity contribution in [2.75, 3.05) is 34.4 Å². The second-order valence-electron chi connectivity index (χ2n) is 6.75. The molecule has 0 unspecified atom stereocenters. The molecule has 0 spiro atoms. The number of rotatable bonds is 3. The van der Waals surface area contributed by atoms with Crippen molar-refractivity contribution >= 4 is 81.8 Å². The van der Waals surface area contributed by atoms with E-state index in [1.54, 1.807) is 0 Å². The van der Waals surface area contributed by atoms with Gasteiger partial charge < -0.3 is 48.1 Å². The van der Waals surface area contributed by atoms with Crippen molar-refractivity contribution in [3.8, 4) is 0 Å². The second-order valence-corrected chi connectivity index (χ2v) is 10.8. The van der Waals surface area contributed by atoms with Crippen LogP contribution in [0.1, 0.15) is 0 Å². The standard InChI is InChI=1S/3C6H8N2O3S.Al/c3*7-4-1-2-6(5(8)3-4)12(9,10)11;/h3*1-3H,7-8H2,(H,9,10,11);/q;;;+3/p-3. The van der Waals surface area contributed by atoms with Gasteiger partial charge >= 0.3 is 17.4 Å². The SMILES string of the molecule is Nc1ccc(S(=O)(=O)[O-])c(N)c1.Nc1ccc(S(=O)(=O)[O-])c(N)c1.Nc1ccc(S(=O)(=O)[O-])c(N)c1.[Al+3]. The molecule has 0 heterocycles. The van der Waals surface area contributed by atoms with Crippen LogP contribution >= 0.6 is 0 Å². The minimum atomic E-state index is -4.48. The number of nitrogens with two attached hydrogens (primary N) is 6. The molecule has 0 bridgehead atoms. The average Bonchev–Trinajstić information content (AvgIpc) is 2.65. The van der Waals surface area contributed by atoms with Crippen LogP contribution in [0.5, 0.6) is 0 Å². The molecule has 0 aliphatic rings. The molecule has 0 saturated carbocycles. The van der Waals surface area contributed by atoms with Crippen molar-refractivity contribution < 1.29 is 38.9 Å². The molecular formula is C18H21AlN6O9S3. The van der Waals surface area contributed by atoms with E-state index in [9.17, 15) is 38.9 Å². The van der Waals surface area contributed by atoms with Crippen molar-refractivity contribution in [2.24, 2.45) is 0 Å². The minimum Gasteiger partial charge on any atom is -0.744 e. The van der Waals surface area contributed by atoms with Crippen LogP contribution in [0.15, 0.2) is 69.3 Å². The summed E-state index contributed by atoms with van der Waals surface area (Å²) in [4.78, 5) is -1.30. The quantitative estimate of drug-likeness (QED) is 0.120. The van der Waals surface area contributed by atoms with Crippen LogP contribution in [0.25, 0.3) is 0 Å². The van der Waals surface area contributed by atoms with Gasteiger partial charge in [-0.1, -0.05) is 0 Å². The molecule has 0 radical (unpaired) electrons. The third kappa shape index (κ3) is 10.7. The first-order valence-corrected chi connectivity index (χ1v) is 13.3. The Hall–Kier alpha value is -3.28. The minimum absolute atomic E-state index is 0. The smallest absolute Gasteiger partial charge is 0.744 e. The maximum Gasteiger partial charge on any atom is 3.00 e. The van der Waals surface area contributed by atoms with Crippen LogP contribution in [0.4, 0.5) is 34.1 Å². The zero-order valence-corrected chi connectivity index (χ0v) is 22.2. The van der Waals surface area contributed by atoms with E-state index in [4.69, 9.17) is 34.4 Å². The van der Waals surface area contributed by atoms with Crippen LogP contribution in [-0.2, 0) is 30.4 Å². The molecule has 15 nitrogen and oxygen atoms in total. The predicted molar refractivity (Wildman–Crippen MR) is 135 cm³/mol. The van der Waals surface area contributed by atoms with Crippen LogP contribution in [0.3, 0.4) is 0 Å². The summed E-state index contributed by atoms with van der Waals surface area (Å²) in [6.07, 6.45) is 0. The third-order valence-electron chi connectivity index (χ3n) is 3.91. The summed E-state index contributed by atoms with van der Waals surface area (Å²) in [5.41, 5.74) is 32.2. The Kier molecular flexibility index (Phi) is 11.7. The monoisotopic (exact) mass is 588 g/mol. The van der Waals surface area contributed by atoms with Gasteiger partial charge in [0.1, 0.15) is 30.4 Å². The largest absolute Gasteiger partial charge is 3.00 e. The molecule has 0 aromatic heterocycles. The zero-order valence-electron chi connectivity index (χ0n) is 18.6. The van der Waals surface area contributed by atoms with Crippen molar-refractivity contribution in [3.63, 3.8) is 0 Å². The number of hydrogen-bond donors (Lipinski definition) is 6. The van der Waals surface area contributed by atoms with Crippen molar-refractivity contribution in [1.82, 2.24) is 0 Å². The normalized spacial score (nSPS) is 11.1. The number of anilines is 6. The molecule has 3 aromatic carbocycles. The molecule has 3 aromatic rings. The van der Waals surface area contributed by atoms with Gasteiger partial charge in [-0.05, 0) is 54.6 Å².